The van der Waals surface area contributed by atoms with Gasteiger partial charge < -0.3 is 9.64 Å². The topological polar surface area (TPSA) is 29.5 Å². The van der Waals surface area contributed by atoms with Crippen LogP contribution in [0.1, 0.15) is 18.9 Å². The van der Waals surface area contributed by atoms with Crippen molar-refractivity contribution in [3.8, 4) is 0 Å². The van der Waals surface area contributed by atoms with Gasteiger partial charge in [-0.15, -0.1) is 0 Å². The molecule has 0 aliphatic carbocycles. The minimum atomic E-state index is -0.108. The second-order valence-corrected chi connectivity index (χ2v) is 4.54. The molecule has 0 aromatic heterocycles. The number of carbonyl (C=O) groups is 1. The first-order valence-electron chi connectivity index (χ1n) is 6.09. The average Bonchev–Trinajstić information content (AvgIpc) is 2.72. The van der Waals surface area contributed by atoms with E-state index in [1.165, 1.54) is 5.56 Å². The van der Waals surface area contributed by atoms with E-state index in [0.717, 1.165) is 19.4 Å². The van der Waals surface area contributed by atoms with Crippen LogP contribution in [-0.4, -0.2) is 30.7 Å². The van der Waals surface area contributed by atoms with Crippen LogP contribution < -0.4 is 0 Å². The molecule has 1 aliphatic heterocycles. The molecule has 0 bridgehead atoms. The summed E-state index contributed by atoms with van der Waals surface area (Å²) in [5.74, 6) is 0.346. The predicted molar refractivity (Wildman–Crippen MR) is 66.4 cm³/mol. The van der Waals surface area contributed by atoms with Crippen LogP contribution in [0.25, 0.3) is 0 Å². The van der Waals surface area contributed by atoms with Gasteiger partial charge in [0.2, 0.25) is 5.91 Å². The highest BCUT2D eigenvalue weighted by Crippen LogP contribution is 2.24. The number of carbonyl (C=O) groups excluding carboxylic acids is 1. The van der Waals surface area contributed by atoms with Crippen molar-refractivity contribution in [3.05, 3.63) is 35.9 Å². The Kier molecular flexibility index (Phi) is 3.79. The molecule has 1 heterocycles. The minimum Gasteiger partial charge on any atom is -0.362 e. The van der Waals surface area contributed by atoms with E-state index in [0.29, 0.717) is 0 Å². The summed E-state index contributed by atoms with van der Waals surface area (Å²) in [6.45, 7) is 2.73. The summed E-state index contributed by atoms with van der Waals surface area (Å²) in [7, 11) is 1.64. The van der Waals surface area contributed by atoms with Gasteiger partial charge in [0, 0.05) is 19.6 Å². The number of hydrogen-bond acceptors (Lipinski definition) is 2. The van der Waals surface area contributed by atoms with Crippen molar-refractivity contribution in [3.63, 3.8) is 0 Å². The van der Waals surface area contributed by atoms with Crippen molar-refractivity contribution in [2.45, 2.75) is 26.0 Å². The van der Waals surface area contributed by atoms with Gasteiger partial charge >= 0.3 is 0 Å². The predicted octanol–water partition coefficient (Wildman–Crippen LogP) is 2.07. The Hall–Kier alpha value is -1.35. The molecule has 2 rings (SSSR count). The van der Waals surface area contributed by atoms with Gasteiger partial charge in [-0.1, -0.05) is 30.3 Å². The highest BCUT2D eigenvalue weighted by molar-refractivity contribution is 5.81. The summed E-state index contributed by atoms with van der Waals surface area (Å²) in [6, 6.07) is 10.2. The highest BCUT2D eigenvalue weighted by atomic mass is 16.5. The Labute approximate surface area is 102 Å². The molecule has 1 amide bonds. The van der Waals surface area contributed by atoms with Crippen LogP contribution in [0.5, 0.6) is 0 Å². The van der Waals surface area contributed by atoms with Crippen molar-refractivity contribution < 1.29 is 9.53 Å². The van der Waals surface area contributed by atoms with E-state index < -0.39 is 0 Å². The number of amides is 1. The molecule has 0 unspecified atom stereocenters. The summed E-state index contributed by atoms with van der Waals surface area (Å²) in [5, 5.41) is 0. The summed E-state index contributed by atoms with van der Waals surface area (Å²) in [6.07, 6.45) is 1.66. The molecule has 3 heteroatoms. The number of benzene rings is 1. The third-order valence-corrected chi connectivity index (χ3v) is 3.46. The van der Waals surface area contributed by atoms with E-state index in [2.05, 4.69) is 12.1 Å². The van der Waals surface area contributed by atoms with Crippen LogP contribution in [-0.2, 0) is 16.0 Å². The molecule has 0 radical (unpaired) electrons. The molecule has 0 N–H and O–H groups in total. The zero-order chi connectivity index (χ0) is 12.3. The number of likely N-dealkylation sites (tertiary alicyclic amines) is 1. The Balaban J connectivity index is 1.99. The molecular formula is C14H19NO2. The largest absolute Gasteiger partial charge is 0.362 e. The molecule has 0 spiro atoms. The fourth-order valence-electron chi connectivity index (χ4n) is 2.34. The van der Waals surface area contributed by atoms with Crippen molar-refractivity contribution in [2.24, 2.45) is 5.92 Å². The van der Waals surface area contributed by atoms with E-state index in [4.69, 9.17) is 4.74 Å². The summed E-state index contributed by atoms with van der Waals surface area (Å²) in [5.41, 5.74) is 1.23. The standard InChI is InChI=1S/C14H19NO2/c1-11(17-2)15-9-8-13(14(15)16)10-12-6-4-3-5-7-12/h3-7,11,13H,8-10H2,1-2H3/t11-,13-/m0/s1. The summed E-state index contributed by atoms with van der Waals surface area (Å²) < 4.78 is 5.21. The maximum atomic E-state index is 12.2. The molecule has 1 fully saturated rings. The monoisotopic (exact) mass is 233 g/mol. The second-order valence-electron chi connectivity index (χ2n) is 4.54. The smallest absolute Gasteiger partial charge is 0.228 e. The van der Waals surface area contributed by atoms with Gasteiger partial charge in [0.05, 0.1) is 0 Å². The Bertz CT molecular complexity index is 377. The third-order valence-electron chi connectivity index (χ3n) is 3.46. The van der Waals surface area contributed by atoms with E-state index >= 15 is 0 Å². The Morgan fingerprint density at radius 3 is 2.76 bits per heavy atom. The van der Waals surface area contributed by atoms with Crippen LogP contribution in [0.2, 0.25) is 0 Å². The molecule has 0 saturated carbocycles. The first kappa shape index (κ1) is 12.1. The van der Waals surface area contributed by atoms with Gasteiger partial charge in [0.15, 0.2) is 0 Å². The maximum absolute atomic E-state index is 12.2. The quantitative estimate of drug-likeness (QED) is 0.796. The summed E-state index contributed by atoms with van der Waals surface area (Å²) in [4.78, 5) is 14.0. The van der Waals surface area contributed by atoms with Crippen LogP contribution in [0, 0.1) is 5.92 Å². The zero-order valence-corrected chi connectivity index (χ0v) is 10.4. The Morgan fingerprint density at radius 1 is 1.41 bits per heavy atom. The first-order chi connectivity index (χ1) is 8.22. The number of nitrogens with zero attached hydrogens (tertiary/aromatic N) is 1. The van der Waals surface area contributed by atoms with Crippen LogP contribution in [0.4, 0.5) is 0 Å². The normalized spacial score (nSPS) is 21.9. The first-order valence-corrected chi connectivity index (χ1v) is 6.09. The lowest BCUT2D eigenvalue weighted by atomic mass is 9.98. The van der Waals surface area contributed by atoms with Crippen LogP contribution >= 0.6 is 0 Å². The molecule has 2 atom stereocenters. The van der Waals surface area contributed by atoms with E-state index in [1.54, 1.807) is 7.11 Å². The fourth-order valence-corrected chi connectivity index (χ4v) is 2.34. The molecule has 1 aromatic rings. The minimum absolute atomic E-state index is 0.108. The Morgan fingerprint density at radius 2 is 2.12 bits per heavy atom. The van der Waals surface area contributed by atoms with Crippen molar-refractivity contribution in [1.29, 1.82) is 0 Å². The van der Waals surface area contributed by atoms with Gasteiger partial charge in [0.1, 0.15) is 6.23 Å². The molecule has 3 nitrogen and oxygen atoms in total. The van der Waals surface area contributed by atoms with E-state index in [1.807, 2.05) is 30.0 Å². The lowest BCUT2D eigenvalue weighted by Gasteiger charge is -2.23. The zero-order valence-electron chi connectivity index (χ0n) is 10.4. The van der Waals surface area contributed by atoms with Crippen molar-refractivity contribution in [1.82, 2.24) is 4.90 Å². The average molecular weight is 233 g/mol. The number of rotatable bonds is 4. The van der Waals surface area contributed by atoms with Crippen LogP contribution in [0.15, 0.2) is 30.3 Å². The maximum Gasteiger partial charge on any atom is 0.228 e. The van der Waals surface area contributed by atoms with E-state index in [-0.39, 0.29) is 18.1 Å². The summed E-state index contributed by atoms with van der Waals surface area (Å²) >= 11 is 0. The highest BCUT2D eigenvalue weighted by Gasteiger charge is 2.34. The molecule has 1 saturated heterocycles. The lowest BCUT2D eigenvalue weighted by Crippen LogP contribution is -2.37. The van der Waals surface area contributed by atoms with Gasteiger partial charge in [-0.3, -0.25) is 4.79 Å². The second kappa shape index (κ2) is 5.32. The van der Waals surface area contributed by atoms with E-state index in [9.17, 15) is 4.79 Å². The lowest BCUT2D eigenvalue weighted by molar-refractivity contribution is -0.140. The molecule has 17 heavy (non-hydrogen) atoms. The van der Waals surface area contributed by atoms with Crippen molar-refractivity contribution in [2.75, 3.05) is 13.7 Å². The number of hydrogen-bond donors (Lipinski definition) is 0. The SMILES string of the molecule is CO[C@@H](C)N1CC[C@@H](Cc2ccccc2)C1=O. The number of methoxy groups -OCH3 is 1. The van der Waals surface area contributed by atoms with Gasteiger partial charge in [-0.05, 0) is 25.3 Å². The van der Waals surface area contributed by atoms with Crippen molar-refractivity contribution >= 4 is 5.91 Å². The van der Waals surface area contributed by atoms with Crippen LogP contribution in [0.3, 0.4) is 0 Å². The molecular weight excluding hydrogens is 214 g/mol. The molecule has 1 aliphatic rings. The fraction of sp³-hybridized carbons (Fsp3) is 0.500. The van der Waals surface area contributed by atoms with Gasteiger partial charge in [-0.25, -0.2) is 0 Å². The van der Waals surface area contributed by atoms with Gasteiger partial charge in [0.25, 0.3) is 0 Å². The number of ether oxygens (including phenoxy) is 1. The van der Waals surface area contributed by atoms with Gasteiger partial charge in [-0.2, -0.15) is 0 Å². The third kappa shape index (κ3) is 2.67. The molecule has 92 valence electrons. The molecule has 1 aromatic carbocycles.